The largest absolute Gasteiger partial charge is 0.478 e. The number of carboxylic acids is 1. The Morgan fingerprint density at radius 1 is 1.50 bits per heavy atom. The van der Waals surface area contributed by atoms with E-state index in [1.54, 1.807) is 0 Å². The van der Waals surface area contributed by atoms with Crippen molar-refractivity contribution < 1.29 is 19.1 Å². The first kappa shape index (κ1) is 12.7. The molecule has 0 saturated heterocycles. The maximum Gasteiger partial charge on any atom is 0.338 e. The topological polar surface area (TPSA) is 79.5 Å². The Labute approximate surface area is 105 Å². The number of amides is 1. The molecule has 1 aromatic heterocycles. The fourth-order valence-corrected chi connectivity index (χ4v) is 2.03. The molecule has 5 nitrogen and oxygen atoms in total. The van der Waals surface area contributed by atoms with Crippen LogP contribution in [-0.2, 0) is 0 Å². The van der Waals surface area contributed by atoms with E-state index in [0.717, 1.165) is 19.1 Å². The average Bonchev–Trinajstić information content (AvgIpc) is 2.94. The summed E-state index contributed by atoms with van der Waals surface area (Å²) in [5.74, 6) is -0.871. The van der Waals surface area contributed by atoms with Gasteiger partial charge in [0.1, 0.15) is 6.26 Å². The van der Waals surface area contributed by atoms with Crippen LogP contribution in [0, 0.1) is 11.3 Å². The third-order valence-electron chi connectivity index (χ3n) is 3.79. The maximum absolute atomic E-state index is 11.8. The van der Waals surface area contributed by atoms with Crippen LogP contribution in [-0.4, -0.2) is 23.5 Å². The van der Waals surface area contributed by atoms with E-state index in [2.05, 4.69) is 19.2 Å². The van der Waals surface area contributed by atoms with Gasteiger partial charge in [0, 0.05) is 12.6 Å². The molecule has 0 radical (unpaired) electrons. The normalized spacial score (nSPS) is 16.6. The van der Waals surface area contributed by atoms with Crippen LogP contribution in [0.25, 0.3) is 0 Å². The molecule has 0 atom stereocenters. The number of rotatable bonds is 5. The summed E-state index contributed by atoms with van der Waals surface area (Å²) < 4.78 is 4.94. The van der Waals surface area contributed by atoms with Crippen LogP contribution in [0.2, 0.25) is 0 Å². The lowest BCUT2D eigenvalue weighted by atomic mass is 9.92. The Morgan fingerprint density at radius 3 is 2.61 bits per heavy atom. The van der Waals surface area contributed by atoms with Gasteiger partial charge in [0.15, 0.2) is 5.76 Å². The van der Waals surface area contributed by atoms with Crippen LogP contribution in [0.15, 0.2) is 16.7 Å². The maximum atomic E-state index is 11.8. The van der Waals surface area contributed by atoms with E-state index in [4.69, 9.17) is 9.52 Å². The molecule has 0 aliphatic heterocycles. The van der Waals surface area contributed by atoms with Crippen molar-refractivity contribution in [3.05, 3.63) is 23.7 Å². The summed E-state index contributed by atoms with van der Waals surface area (Å²) in [5, 5.41) is 11.5. The summed E-state index contributed by atoms with van der Waals surface area (Å²) in [6, 6.07) is 1.24. The summed E-state index contributed by atoms with van der Waals surface area (Å²) in [6.07, 6.45) is 3.33. The minimum Gasteiger partial charge on any atom is -0.478 e. The lowest BCUT2D eigenvalue weighted by Gasteiger charge is -2.19. The molecule has 0 aromatic carbocycles. The van der Waals surface area contributed by atoms with Gasteiger partial charge in [-0.1, -0.05) is 13.8 Å². The van der Waals surface area contributed by atoms with Crippen molar-refractivity contribution in [2.75, 3.05) is 6.54 Å². The first-order valence-electron chi connectivity index (χ1n) is 6.05. The van der Waals surface area contributed by atoms with Gasteiger partial charge in [-0.15, -0.1) is 0 Å². The highest BCUT2D eigenvalue weighted by atomic mass is 16.4. The van der Waals surface area contributed by atoms with E-state index in [9.17, 15) is 9.59 Å². The summed E-state index contributed by atoms with van der Waals surface area (Å²) in [4.78, 5) is 22.4. The Balaban J connectivity index is 1.94. The lowest BCUT2D eigenvalue weighted by molar-refractivity contribution is 0.0696. The third kappa shape index (κ3) is 2.39. The number of carbonyl (C=O) groups excluding carboxylic acids is 1. The molecule has 1 aliphatic rings. The quantitative estimate of drug-likeness (QED) is 0.840. The SMILES string of the molecule is CC(C)C1(CNC(=O)c2cc(C(=O)O)co2)CC1. The van der Waals surface area contributed by atoms with E-state index in [0.29, 0.717) is 12.5 Å². The number of nitrogens with one attached hydrogen (secondary N) is 1. The van der Waals surface area contributed by atoms with E-state index >= 15 is 0 Å². The second-order valence-corrected chi connectivity index (χ2v) is 5.20. The molecule has 1 amide bonds. The highest BCUT2D eigenvalue weighted by molar-refractivity contribution is 5.95. The molecule has 98 valence electrons. The zero-order chi connectivity index (χ0) is 13.3. The molecule has 2 rings (SSSR count). The van der Waals surface area contributed by atoms with Crippen molar-refractivity contribution in [2.45, 2.75) is 26.7 Å². The van der Waals surface area contributed by atoms with Crippen molar-refractivity contribution in [3.63, 3.8) is 0 Å². The monoisotopic (exact) mass is 251 g/mol. The third-order valence-corrected chi connectivity index (χ3v) is 3.79. The predicted octanol–water partition coefficient (Wildman–Crippen LogP) is 2.14. The van der Waals surface area contributed by atoms with Crippen LogP contribution in [0.1, 0.15) is 47.6 Å². The van der Waals surface area contributed by atoms with Gasteiger partial charge in [0.25, 0.3) is 5.91 Å². The zero-order valence-electron chi connectivity index (χ0n) is 10.5. The van der Waals surface area contributed by atoms with Crippen LogP contribution < -0.4 is 5.32 Å². The lowest BCUT2D eigenvalue weighted by Crippen LogP contribution is -2.32. The number of carbonyl (C=O) groups is 2. The van der Waals surface area contributed by atoms with Gasteiger partial charge >= 0.3 is 5.97 Å². The summed E-state index contributed by atoms with van der Waals surface area (Å²) in [5.41, 5.74) is 0.211. The van der Waals surface area contributed by atoms with Crippen molar-refractivity contribution in [2.24, 2.45) is 11.3 Å². The van der Waals surface area contributed by atoms with Gasteiger partial charge in [0.2, 0.25) is 0 Å². The number of aromatic carboxylic acids is 1. The summed E-state index contributed by atoms with van der Waals surface area (Å²) >= 11 is 0. The molecule has 1 fully saturated rings. The fourth-order valence-electron chi connectivity index (χ4n) is 2.03. The number of furan rings is 1. The van der Waals surface area contributed by atoms with Gasteiger partial charge < -0.3 is 14.8 Å². The molecule has 5 heteroatoms. The Hall–Kier alpha value is -1.78. The number of hydrogen-bond donors (Lipinski definition) is 2. The fraction of sp³-hybridized carbons (Fsp3) is 0.538. The van der Waals surface area contributed by atoms with Gasteiger partial charge in [-0.2, -0.15) is 0 Å². The second kappa shape index (κ2) is 4.48. The molecule has 1 saturated carbocycles. The second-order valence-electron chi connectivity index (χ2n) is 5.20. The van der Waals surface area contributed by atoms with Gasteiger partial charge in [0.05, 0.1) is 5.56 Å². The first-order chi connectivity index (χ1) is 8.44. The molecule has 2 N–H and O–H groups in total. The Kier molecular flexibility index (Phi) is 3.15. The molecule has 18 heavy (non-hydrogen) atoms. The predicted molar refractivity (Wildman–Crippen MR) is 64.5 cm³/mol. The molecule has 1 aliphatic carbocycles. The number of carboxylic acid groups (broad SMARTS) is 1. The van der Waals surface area contributed by atoms with Crippen LogP contribution in [0.3, 0.4) is 0 Å². The standard InChI is InChI=1S/C13H17NO4/c1-8(2)13(3-4-13)7-14-11(15)10-5-9(6-18-10)12(16)17/h5-6,8H,3-4,7H2,1-2H3,(H,14,15)(H,16,17). The first-order valence-corrected chi connectivity index (χ1v) is 6.05. The number of hydrogen-bond acceptors (Lipinski definition) is 3. The molecular formula is C13H17NO4. The van der Waals surface area contributed by atoms with E-state index in [-0.39, 0.29) is 22.6 Å². The van der Waals surface area contributed by atoms with Gasteiger partial charge in [-0.05, 0) is 24.2 Å². The summed E-state index contributed by atoms with van der Waals surface area (Å²) in [7, 11) is 0. The van der Waals surface area contributed by atoms with Gasteiger partial charge in [-0.3, -0.25) is 4.79 Å². The molecular weight excluding hydrogens is 234 g/mol. The van der Waals surface area contributed by atoms with Crippen LogP contribution >= 0.6 is 0 Å². The highest BCUT2D eigenvalue weighted by Crippen LogP contribution is 2.51. The minimum absolute atomic E-state index is 0.00913. The molecule has 0 spiro atoms. The molecule has 1 aromatic rings. The Morgan fingerprint density at radius 2 is 2.17 bits per heavy atom. The summed E-state index contributed by atoms with van der Waals surface area (Å²) in [6.45, 7) is 4.91. The van der Waals surface area contributed by atoms with E-state index in [1.165, 1.54) is 6.07 Å². The van der Waals surface area contributed by atoms with Crippen molar-refractivity contribution in [1.82, 2.24) is 5.32 Å². The van der Waals surface area contributed by atoms with E-state index < -0.39 is 5.97 Å². The van der Waals surface area contributed by atoms with Gasteiger partial charge in [-0.25, -0.2) is 4.79 Å². The highest BCUT2D eigenvalue weighted by Gasteiger charge is 2.45. The van der Waals surface area contributed by atoms with E-state index in [1.807, 2.05) is 0 Å². The van der Waals surface area contributed by atoms with Crippen molar-refractivity contribution >= 4 is 11.9 Å². The minimum atomic E-state index is -1.10. The van der Waals surface area contributed by atoms with Crippen LogP contribution in [0.4, 0.5) is 0 Å². The van der Waals surface area contributed by atoms with Crippen LogP contribution in [0.5, 0.6) is 0 Å². The van der Waals surface area contributed by atoms with Crippen molar-refractivity contribution in [1.29, 1.82) is 0 Å². The average molecular weight is 251 g/mol. The Bertz CT molecular complexity index is 471. The molecule has 0 bridgehead atoms. The smallest absolute Gasteiger partial charge is 0.338 e. The zero-order valence-corrected chi connectivity index (χ0v) is 10.5. The van der Waals surface area contributed by atoms with Crippen molar-refractivity contribution in [3.8, 4) is 0 Å². The molecule has 0 unspecified atom stereocenters. The molecule has 1 heterocycles.